The first-order chi connectivity index (χ1) is 23.3. The van der Waals surface area contributed by atoms with Gasteiger partial charge in [0.25, 0.3) is 0 Å². The summed E-state index contributed by atoms with van der Waals surface area (Å²) in [5.74, 6) is 0.591. The molecule has 0 radical (unpaired) electrons. The third-order valence-electron chi connectivity index (χ3n) is 9.63. The van der Waals surface area contributed by atoms with Crippen LogP contribution in [0.4, 0.5) is 0 Å². The van der Waals surface area contributed by atoms with Gasteiger partial charge in [-0.25, -0.2) is 4.98 Å². The largest absolute Gasteiger partial charge is 0.437 e. The molecule has 11 rings (SSSR count). The van der Waals surface area contributed by atoms with Gasteiger partial charge in [0.1, 0.15) is 5.58 Å². The topological polar surface area (TPSA) is 43.9 Å². The summed E-state index contributed by atoms with van der Waals surface area (Å²) in [5.41, 5.74) is 5.43. The van der Waals surface area contributed by atoms with Gasteiger partial charge in [0, 0.05) is 41.9 Å². The Bertz CT molecular complexity index is 3000. The zero-order valence-corrected chi connectivity index (χ0v) is 25.8. The van der Waals surface area contributed by atoms with E-state index in [0.29, 0.717) is 11.7 Å². The average molecular weight is 618 g/mol. The maximum absolute atomic E-state index is 6.49. The van der Waals surface area contributed by atoms with Gasteiger partial charge >= 0.3 is 0 Å². The van der Waals surface area contributed by atoms with Crippen LogP contribution in [-0.4, -0.2) is 14.5 Å². The Morgan fingerprint density at radius 2 is 1.11 bits per heavy atom. The van der Waals surface area contributed by atoms with Crippen LogP contribution in [0, 0.1) is 0 Å². The fourth-order valence-electron chi connectivity index (χ4n) is 7.56. The zero-order chi connectivity index (χ0) is 30.6. The van der Waals surface area contributed by atoms with Crippen molar-refractivity contribution in [3.8, 4) is 17.2 Å². The minimum absolute atomic E-state index is 0.583. The molecule has 0 atom stereocenters. The lowest BCUT2D eigenvalue weighted by molar-refractivity contribution is 0.651. The van der Waals surface area contributed by atoms with Crippen LogP contribution in [0.3, 0.4) is 0 Å². The zero-order valence-electron chi connectivity index (χ0n) is 24.9. The van der Waals surface area contributed by atoms with Crippen molar-refractivity contribution < 1.29 is 4.42 Å². The highest BCUT2D eigenvalue weighted by Crippen LogP contribution is 2.43. The summed E-state index contributed by atoms with van der Waals surface area (Å²) < 4.78 is 11.2. The van der Waals surface area contributed by atoms with E-state index in [2.05, 4.69) is 126 Å². The van der Waals surface area contributed by atoms with Gasteiger partial charge in [0.05, 0.1) is 22.1 Å². The molecular weight excluding hydrogens is 595 g/mol. The normalized spacial score (nSPS) is 12.3. The van der Waals surface area contributed by atoms with E-state index in [9.17, 15) is 0 Å². The number of hydrogen-bond acceptors (Lipinski definition) is 4. The molecule has 5 heteroatoms. The quantitative estimate of drug-likeness (QED) is 0.194. The standard InChI is InChI=1S/C42H23N3OS/c1-3-11-27-24(9-1)18-21-32-37(27)38-28-12-4-2-10-25(28)19-22-33(38)45(32)42-43-40(39-31-14-5-7-15-34(31)46-41(39)44-42)26-17-20-30-29-13-6-8-16-35(29)47-36(30)23-26/h1-23H. The van der Waals surface area contributed by atoms with Crippen LogP contribution in [0.5, 0.6) is 0 Å². The predicted molar refractivity (Wildman–Crippen MR) is 197 cm³/mol. The minimum Gasteiger partial charge on any atom is -0.437 e. The molecule has 0 amide bonds. The summed E-state index contributed by atoms with van der Waals surface area (Å²) in [6.45, 7) is 0. The second-order valence-corrected chi connectivity index (χ2v) is 13.2. The predicted octanol–water partition coefficient (Wildman–Crippen LogP) is 11.8. The lowest BCUT2D eigenvalue weighted by atomic mass is 10.00. The summed E-state index contributed by atoms with van der Waals surface area (Å²) in [5, 5.41) is 11.7. The Balaban J connectivity index is 1.29. The second-order valence-electron chi connectivity index (χ2n) is 12.2. The van der Waals surface area contributed by atoms with Gasteiger partial charge in [-0.05, 0) is 51.9 Å². The van der Waals surface area contributed by atoms with E-state index in [1.54, 1.807) is 0 Å². The van der Waals surface area contributed by atoms with E-state index in [1.807, 2.05) is 29.5 Å². The number of aromatic nitrogens is 3. The number of rotatable bonds is 2. The molecule has 0 saturated heterocycles. The lowest BCUT2D eigenvalue weighted by Gasteiger charge is -2.10. The van der Waals surface area contributed by atoms with Crippen molar-refractivity contribution in [2.75, 3.05) is 0 Å². The minimum atomic E-state index is 0.583. The van der Waals surface area contributed by atoms with Crippen molar-refractivity contribution in [1.29, 1.82) is 0 Å². The lowest BCUT2D eigenvalue weighted by Crippen LogP contribution is -2.02. The van der Waals surface area contributed by atoms with Crippen molar-refractivity contribution in [2.24, 2.45) is 0 Å². The molecule has 0 saturated carbocycles. The van der Waals surface area contributed by atoms with E-state index in [-0.39, 0.29) is 0 Å². The van der Waals surface area contributed by atoms with Crippen molar-refractivity contribution in [3.05, 3.63) is 140 Å². The van der Waals surface area contributed by atoms with Crippen LogP contribution in [0.2, 0.25) is 0 Å². The fraction of sp³-hybridized carbons (Fsp3) is 0. The summed E-state index contributed by atoms with van der Waals surface area (Å²) in [7, 11) is 0. The first-order valence-electron chi connectivity index (χ1n) is 15.8. The molecule has 0 unspecified atom stereocenters. The van der Waals surface area contributed by atoms with E-state index in [4.69, 9.17) is 14.4 Å². The molecule has 4 nitrogen and oxygen atoms in total. The highest BCUT2D eigenvalue weighted by molar-refractivity contribution is 7.25. The Labute approximate surface area is 271 Å². The van der Waals surface area contributed by atoms with Crippen LogP contribution in [0.15, 0.2) is 144 Å². The highest BCUT2D eigenvalue weighted by Gasteiger charge is 2.23. The summed E-state index contributed by atoms with van der Waals surface area (Å²) in [4.78, 5) is 10.6. The van der Waals surface area contributed by atoms with Gasteiger partial charge in [0.15, 0.2) is 0 Å². The monoisotopic (exact) mass is 617 g/mol. The molecule has 47 heavy (non-hydrogen) atoms. The van der Waals surface area contributed by atoms with E-state index in [0.717, 1.165) is 38.6 Å². The Kier molecular flexibility index (Phi) is 4.96. The van der Waals surface area contributed by atoms with E-state index in [1.165, 1.54) is 52.5 Å². The highest BCUT2D eigenvalue weighted by atomic mass is 32.1. The number of benzene rings is 7. The van der Waals surface area contributed by atoms with Gasteiger partial charge in [0.2, 0.25) is 11.7 Å². The van der Waals surface area contributed by atoms with Gasteiger partial charge in [-0.2, -0.15) is 4.98 Å². The van der Waals surface area contributed by atoms with Crippen LogP contribution in [0.1, 0.15) is 0 Å². The summed E-state index contributed by atoms with van der Waals surface area (Å²) in [6, 6.07) is 49.6. The van der Waals surface area contributed by atoms with Crippen LogP contribution < -0.4 is 0 Å². The first kappa shape index (κ1) is 25.2. The molecule has 11 aromatic rings. The Morgan fingerprint density at radius 1 is 0.489 bits per heavy atom. The molecule has 7 aromatic carbocycles. The van der Waals surface area contributed by atoms with Gasteiger partial charge < -0.3 is 4.42 Å². The second kappa shape index (κ2) is 9.25. The van der Waals surface area contributed by atoms with Crippen LogP contribution in [-0.2, 0) is 0 Å². The van der Waals surface area contributed by atoms with Crippen molar-refractivity contribution in [2.45, 2.75) is 0 Å². The number of hydrogen-bond donors (Lipinski definition) is 0. The number of furan rings is 1. The molecular formula is C42H23N3OS. The molecule has 0 fully saturated rings. The van der Waals surface area contributed by atoms with Crippen LogP contribution >= 0.6 is 11.3 Å². The van der Waals surface area contributed by atoms with Crippen molar-refractivity contribution >= 4 is 96.9 Å². The Hall–Kier alpha value is -6.04. The van der Waals surface area contributed by atoms with Gasteiger partial charge in [-0.1, -0.05) is 109 Å². The molecule has 0 N–H and O–H groups in total. The molecule has 4 aromatic heterocycles. The maximum Gasteiger partial charge on any atom is 0.238 e. The fourth-order valence-corrected chi connectivity index (χ4v) is 8.70. The molecule has 4 heterocycles. The molecule has 0 aliphatic heterocycles. The van der Waals surface area contributed by atoms with Crippen molar-refractivity contribution in [3.63, 3.8) is 0 Å². The van der Waals surface area contributed by atoms with Gasteiger partial charge in [-0.15, -0.1) is 11.3 Å². The molecule has 0 aliphatic rings. The maximum atomic E-state index is 6.49. The molecule has 0 aliphatic carbocycles. The van der Waals surface area contributed by atoms with E-state index >= 15 is 0 Å². The number of para-hydroxylation sites is 1. The molecule has 0 spiro atoms. The van der Waals surface area contributed by atoms with Crippen molar-refractivity contribution in [1.82, 2.24) is 14.5 Å². The Morgan fingerprint density at radius 3 is 1.85 bits per heavy atom. The smallest absolute Gasteiger partial charge is 0.238 e. The van der Waals surface area contributed by atoms with Crippen LogP contribution in [0.25, 0.3) is 103 Å². The number of fused-ring (bicyclic) bond motifs is 13. The number of thiophene rings is 1. The molecule has 218 valence electrons. The summed E-state index contributed by atoms with van der Waals surface area (Å²) in [6.07, 6.45) is 0. The average Bonchev–Trinajstić information content (AvgIpc) is 3.80. The van der Waals surface area contributed by atoms with Gasteiger partial charge in [-0.3, -0.25) is 4.57 Å². The SMILES string of the molecule is c1ccc2c(c1)ccc1c2c2c3ccccc3ccc2n1-c1nc(-c2ccc3c(c2)sc2ccccc23)c2c(n1)oc1ccccc12. The molecule has 0 bridgehead atoms. The third kappa shape index (κ3) is 3.46. The summed E-state index contributed by atoms with van der Waals surface area (Å²) >= 11 is 1.82. The van der Waals surface area contributed by atoms with E-state index < -0.39 is 0 Å². The number of nitrogens with zero attached hydrogens (tertiary/aromatic N) is 3. The first-order valence-corrected chi connectivity index (χ1v) is 16.6. The third-order valence-corrected chi connectivity index (χ3v) is 10.8.